The number of nitrogens with zero attached hydrogens (tertiary/aromatic N) is 1. The Morgan fingerprint density at radius 2 is 1.91 bits per heavy atom. The fourth-order valence-electron chi connectivity index (χ4n) is 1.25. The minimum Gasteiger partial charge on any atom is -0.299 e. The van der Waals surface area contributed by atoms with Gasteiger partial charge < -0.3 is 0 Å². The van der Waals surface area contributed by atoms with Crippen molar-refractivity contribution in [3.63, 3.8) is 0 Å². The zero-order valence-corrected chi connectivity index (χ0v) is 6.52. The van der Waals surface area contributed by atoms with Gasteiger partial charge in [0.1, 0.15) is 0 Å². The molecule has 1 rings (SSSR count). The molecule has 0 radical (unpaired) electrons. The molecule has 3 heteroatoms. The van der Waals surface area contributed by atoms with E-state index in [-0.39, 0.29) is 12.8 Å². The van der Waals surface area contributed by atoms with Crippen LogP contribution in [0.5, 0.6) is 0 Å². The van der Waals surface area contributed by atoms with Crippen molar-refractivity contribution in [2.75, 3.05) is 19.6 Å². The van der Waals surface area contributed by atoms with Crippen LogP contribution in [0.15, 0.2) is 12.7 Å². The van der Waals surface area contributed by atoms with Crippen LogP contribution in [0.1, 0.15) is 12.8 Å². The van der Waals surface area contributed by atoms with Crippen LogP contribution in [-0.2, 0) is 0 Å². The molecule has 0 saturated carbocycles. The van der Waals surface area contributed by atoms with Crippen LogP contribution in [0, 0.1) is 0 Å². The first-order chi connectivity index (χ1) is 5.14. The molecule has 1 aliphatic rings. The molecule has 0 atom stereocenters. The summed E-state index contributed by atoms with van der Waals surface area (Å²) < 4.78 is 25.1. The number of hydrogen-bond donors (Lipinski definition) is 0. The first-order valence-electron chi connectivity index (χ1n) is 3.85. The Balaban J connectivity index is 2.30. The Labute approximate surface area is 65.7 Å². The Morgan fingerprint density at radius 1 is 1.36 bits per heavy atom. The first-order valence-corrected chi connectivity index (χ1v) is 3.85. The predicted octanol–water partition coefficient (Wildman–Crippen LogP) is 1.90. The Bertz CT molecular complexity index is 135. The number of alkyl halides is 2. The van der Waals surface area contributed by atoms with Crippen LogP contribution < -0.4 is 0 Å². The molecule has 1 nitrogen and oxygen atoms in total. The van der Waals surface area contributed by atoms with Crippen LogP contribution in [-0.4, -0.2) is 30.5 Å². The van der Waals surface area contributed by atoms with Crippen molar-refractivity contribution in [3.05, 3.63) is 12.7 Å². The molecule has 1 fully saturated rings. The average molecular weight is 161 g/mol. The van der Waals surface area contributed by atoms with Gasteiger partial charge in [0.15, 0.2) is 0 Å². The Morgan fingerprint density at radius 3 is 2.36 bits per heavy atom. The minimum atomic E-state index is -2.42. The maximum Gasteiger partial charge on any atom is 0.250 e. The summed E-state index contributed by atoms with van der Waals surface area (Å²) in [5, 5.41) is 0. The number of piperidine rings is 1. The van der Waals surface area contributed by atoms with Crippen LogP contribution in [0.4, 0.5) is 8.78 Å². The van der Waals surface area contributed by atoms with E-state index in [4.69, 9.17) is 0 Å². The van der Waals surface area contributed by atoms with Gasteiger partial charge in [-0.25, -0.2) is 8.78 Å². The standard InChI is InChI=1S/C8H13F2N/c1-2-5-11-6-3-8(9,10)4-7-11/h2H,1,3-7H2. The quantitative estimate of drug-likeness (QED) is 0.559. The molecule has 11 heavy (non-hydrogen) atoms. The molecule has 0 bridgehead atoms. The van der Waals surface area contributed by atoms with Crippen molar-refractivity contribution in [3.8, 4) is 0 Å². The van der Waals surface area contributed by atoms with E-state index < -0.39 is 5.92 Å². The van der Waals surface area contributed by atoms with E-state index in [1.807, 2.05) is 4.90 Å². The minimum absolute atomic E-state index is 0.000833. The van der Waals surface area contributed by atoms with Crippen LogP contribution in [0.3, 0.4) is 0 Å². The van der Waals surface area contributed by atoms with Gasteiger partial charge in [0, 0.05) is 32.5 Å². The van der Waals surface area contributed by atoms with Crippen molar-refractivity contribution < 1.29 is 8.78 Å². The number of rotatable bonds is 2. The first kappa shape index (κ1) is 8.65. The van der Waals surface area contributed by atoms with Crippen LogP contribution >= 0.6 is 0 Å². The third kappa shape index (κ3) is 2.58. The molecule has 0 aliphatic carbocycles. The fraction of sp³-hybridized carbons (Fsp3) is 0.750. The maximum atomic E-state index is 12.6. The molecule has 0 aromatic carbocycles. The second-order valence-corrected chi connectivity index (χ2v) is 2.95. The molecular weight excluding hydrogens is 148 g/mol. The third-order valence-corrected chi connectivity index (χ3v) is 1.97. The summed E-state index contributed by atoms with van der Waals surface area (Å²) in [6, 6.07) is 0. The topological polar surface area (TPSA) is 3.24 Å². The van der Waals surface area contributed by atoms with Gasteiger partial charge >= 0.3 is 0 Å². The van der Waals surface area contributed by atoms with Gasteiger partial charge in [-0.3, -0.25) is 4.90 Å². The second-order valence-electron chi connectivity index (χ2n) is 2.95. The second kappa shape index (κ2) is 3.30. The molecule has 0 N–H and O–H groups in total. The lowest BCUT2D eigenvalue weighted by Gasteiger charge is -2.30. The van der Waals surface area contributed by atoms with Crippen molar-refractivity contribution in [2.45, 2.75) is 18.8 Å². The Kier molecular flexibility index (Phi) is 2.60. The van der Waals surface area contributed by atoms with E-state index in [2.05, 4.69) is 6.58 Å². The van der Waals surface area contributed by atoms with E-state index in [0.29, 0.717) is 13.1 Å². The van der Waals surface area contributed by atoms with E-state index in [1.165, 1.54) is 0 Å². The smallest absolute Gasteiger partial charge is 0.250 e. The summed E-state index contributed by atoms with van der Waals surface area (Å²) in [5.41, 5.74) is 0. The highest BCUT2D eigenvalue weighted by atomic mass is 19.3. The largest absolute Gasteiger partial charge is 0.299 e. The Hall–Kier alpha value is -0.440. The predicted molar refractivity (Wildman–Crippen MR) is 40.8 cm³/mol. The molecule has 1 heterocycles. The highest BCUT2D eigenvalue weighted by Gasteiger charge is 2.33. The molecule has 0 spiro atoms. The lowest BCUT2D eigenvalue weighted by molar-refractivity contribution is -0.0530. The monoisotopic (exact) mass is 161 g/mol. The van der Waals surface area contributed by atoms with Crippen molar-refractivity contribution in [2.24, 2.45) is 0 Å². The summed E-state index contributed by atoms with van der Waals surface area (Å²) in [7, 11) is 0. The zero-order valence-electron chi connectivity index (χ0n) is 6.52. The molecule has 0 aromatic heterocycles. The van der Waals surface area contributed by atoms with Crippen LogP contribution in [0.2, 0.25) is 0 Å². The molecule has 1 aliphatic heterocycles. The molecule has 0 unspecified atom stereocenters. The van der Waals surface area contributed by atoms with E-state index in [0.717, 1.165) is 6.54 Å². The molecular formula is C8H13F2N. The molecule has 64 valence electrons. The average Bonchev–Trinajstić information content (AvgIpc) is 1.94. The van der Waals surface area contributed by atoms with Crippen LogP contribution in [0.25, 0.3) is 0 Å². The fourth-order valence-corrected chi connectivity index (χ4v) is 1.25. The highest BCUT2D eigenvalue weighted by molar-refractivity contribution is 4.81. The number of hydrogen-bond acceptors (Lipinski definition) is 1. The highest BCUT2D eigenvalue weighted by Crippen LogP contribution is 2.27. The zero-order chi connectivity index (χ0) is 8.32. The summed E-state index contributed by atoms with van der Waals surface area (Å²) in [4.78, 5) is 1.99. The van der Waals surface area contributed by atoms with Gasteiger partial charge in [0.05, 0.1) is 0 Å². The van der Waals surface area contributed by atoms with Crippen molar-refractivity contribution in [1.82, 2.24) is 4.90 Å². The summed E-state index contributed by atoms with van der Waals surface area (Å²) in [5.74, 6) is -2.42. The van der Waals surface area contributed by atoms with Gasteiger partial charge in [-0.1, -0.05) is 6.08 Å². The third-order valence-electron chi connectivity index (χ3n) is 1.97. The van der Waals surface area contributed by atoms with E-state index in [1.54, 1.807) is 6.08 Å². The van der Waals surface area contributed by atoms with E-state index in [9.17, 15) is 8.78 Å². The van der Waals surface area contributed by atoms with Gasteiger partial charge in [-0.2, -0.15) is 0 Å². The van der Waals surface area contributed by atoms with Gasteiger partial charge in [-0.15, -0.1) is 6.58 Å². The maximum absolute atomic E-state index is 12.6. The summed E-state index contributed by atoms with van der Waals surface area (Å²) >= 11 is 0. The molecule has 1 saturated heterocycles. The van der Waals surface area contributed by atoms with Crippen molar-refractivity contribution >= 4 is 0 Å². The SMILES string of the molecule is C=CCN1CCC(F)(F)CC1. The number of halogens is 2. The lowest BCUT2D eigenvalue weighted by atomic mass is 10.1. The normalized spacial score (nSPS) is 24.9. The lowest BCUT2D eigenvalue weighted by Crippen LogP contribution is -2.39. The number of likely N-dealkylation sites (tertiary alicyclic amines) is 1. The van der Waals surface area contributed by atoms with E-state index >= 15 is 0 Å². The van der Waals surface area contributed by atoms with Gasteiger partial charge in [0.25, 0.3) is 5.92 Å². The summed E-state index contributed by atoms with van der Waals surface area (Å²) in [6.07, 6.45) is 1.76. The summed E-state index contributed by atoms with van der Waals surface area (Å²) in [6.45, 7) is 5.29. The van der Waals surface area contributed by atoms with Gasteiger partial charge in [0.2, 0.25) is 0 Å². The van der Waals surface area contributed by atoms with Gasteiger partial charge in [-0.05, 0) is 0 Å². The van der Waals surface area contributed by atoms with Crippen molar-refractivity contribution in [1.29, 1.82) is 0 Å². The molecule has 0 aromatic rings. The molecule has 0 amide bonds.